The summed E-state index contributed by atoms with van der Waals surface area (Å²) < 4.78 is 1.01. The molecule has 4 nitrogen and oxygen atoms in total. The van der Waals surface area contributed by atoms with Crippen LogP contribution in [-0.4, -0.2) is 17.5 Å². The van der Waals surface area contributed by atoms with E-state index in [1.807, 2.05) is 36.5 Å². The molecule has 5 heteroatoms. The van der Waals surface area contributed by atoms with Crippen molar-refractivity contribution in [1.82, 2.24) is 4.98 Å². The number of hydrogen-bond acceptors (Lipinski definition) is 4. The van der Waals surface area contributed by atoms with E-state index in [0.717, 1.165) is 15.7 Å². The van der Waals surface area contributed by atoms with Crippen LogP contribution in [0.25, 0.3) is 0 Å². The van der Waals surface area contributed by atoms with Gasteiger partial charge in [0, 0.05) is 16.9 Å². The Morgan fingerprint density at radius 1 is 1.30 bits per heavy atom. The number of para-hydroxylation sites is 1. The Bertz CT molecular complexity index is 668. The van der Waals surface area contributed by atoms with E-state index < -0.39 is 0 Å². The van der Waals surface area contributed by atoms with Crippen LogP contribution in [0.3, 0.4) is 0 Å². The number of nitrogens with two attached hydrogens (primary N) is 1. The Kier molecular flexibility index (Phi) is 3.44. The second-order valence-corrected chi connectivity index (χ2v) is 5.62. The van der Waals surface area contributed by atoms with Crippen LogP contribution in [0.4, 0.5) is 5.69 Å². The minimum absolute atomic E-state index is 0.0994. The van der Waals surface area contributed by atoms with E-state index in [4.69, 9.17) is 5.73 Å². The topological polar surface area (TPSA) is 54.5 Å². The van der Waals surface area contributed by atoms with Crippen molar-refractivity contribution in [2.75, 3.05) is 11.4 Å². The molecule has 3 rings (SSSR count). The maximum atomic E-state index is 6.09. The third-order valence-electron chi connectivity index (χ3n) is 3.54. The van der Waals surface area contributed by atoms with E-state index >= 15 is 0 Å². The van der Waals surface area contributed by atoms with Gasteiger partial charge in [-0.05, 0) is 52.2 Å². The van der Waals surface area contributed by atoms with Crippen LogP contribution in [-0.2, 0) is 0 Å². The molecule has 0 amide bonds. The van der Waals surface area contributed by atoms with Gasteiger partial charge in [0.1, 0.15) is 0 Å². The van der Waals surface area contributed by atoms with Crippen LogP contribution in [0.1, 0.15) is 17.2 Å². The average Bonchev–Trinajstić information content (AvgIpc) is 2.82. The van der Waals surface area contributed by atoms with Crippen LogP contribution in [0.5, 0.6) is 0 Å². The predicted molar refractivity (Wildman–Crippen MR) is 84.8 cm³/mol. The molecule has 0 saturated carbocycles. The molecule has 2 heterocycles. The molecule has 1 aliphatic rings. The number of halogens is 1. The molecule has 1 aliphatic heterocycles. The molecule has 0 spiro atoms. The van der Waals surface area contributed by atoms with Gasteiger partial charge >= 0.3 is 0 Å². The molecular formula is C15H15BrN4. The lowest BCUT2D eigenvalue weighted by atomic mass is 10.0. The quantitative estimate of drug-likeness (QED) is 0.920. The van der Waals surface area contributed by atoms with Gasteiger partial charge in [-0.15, -0.1) is 0 Å². The second kappa shape index (κ2) is 5.25. The molecule has 0 fully saturated rings. The van der Waals surface area contributed by atoms with Crippen LogP contribution in [0, 0.1) is 6.92 Å². The van der Waals surface area contributed by atoms with Gasteiger partial charge in [0.25, 0.3) is 0 Å². The first-order chi connectivity index (χ1) is 9.68. The van der Waals surface area contributed by atoms with Crippen molar-refractivity contribution in [3.63, 3.8) is 0 Å². The number of aromatic nitrogens is 1. The lowest BCUT2D eigenvalue weighted by Crippen LogP contribution is -2.36. The Labute approximate surface area is 126 Å². The van der Waals surface area contributed by atoms with E-state index in [1.165, 1.54) is 5.56 Å². The van der Waals surface area contributed by atoms with Gasteiger partial charge < -0.3 is 10.6 Å². The summed E-state index contributed by atoms with van der Waals surface area (Å²) in [6.45, 7) is 2.74. The second-order valence-electron chi connectivity index (χ2n) is 4.77. The zero-order valence-electron chi connectivity index (χ0n) is 11.1. The van der Waals surface area contributed by atoms with Gasteiger partial charge in [0.15, 0.2) is 5.96 Å². The SMILES string of the molecule is Cc1ccncc1C1CN=C(N)N1c1ccccc1Br. The molecule has 1 aromatic carbocycles. The smallest absolute Gasteiger partial charge is 0.196 e. The molecule has 1 aromatic heterocycles. The van der Waals surface area contributed by atoms with Crippen molar-refractivity contribution in [2.45, 2.75) is 13.0 Å². The number of pyridine rings is 1. The molecule has 0 bridgehead atoms. The van der Waals surface area contributed by atoms with Gasteiger partial charge in [-0.25, -0.2) is 0 Å². The standard InChI is InChI=1S/C15H15BrN4/c1-10-6-7-18-8-11(10)14-9-19-15(17)20(14)13-5-3-2-4-12(13)16/h2-8,14H,9H2,1H3,(H2,17,19). The van der Waals surface area contributed by atoms with Gasteiger partial charge in [0.05, 0.1) is 18.3 Å². The van der Waals surface area contributed by atoms with Gasteiger partial charge in [-0.2, -0.15) is 0 Å². The fraction of sp³-hybridized carbons (Fsp3) is 0.200. The number of aliphatic imine (C=N–C) groups is 1. The van der Waals surface area contributed by atoms with Crippen molar-refractivity contribution in [3.8, 4) is 0 Å². The predicted octanol–water partition coefficient (Wildman–Crippen LogP) is 3.03. The van der Waals surface area contributed by atoms with Gasteiger partial charge in [-0.3, -0.25) is 9.98 Å². The zero-order chi connectivity index (χ0) is 14.1. The number of anilines is 1. The highest BCUT2D eigenvalue weighted by molar-refractivity contribution is 9.10. The summed E-state index contributed by atoms with van der Waals surface area (Å²) in [5, 5.41) is 0. The normalized spacial score (nSPS) is 18.2. The third-order valence-corrected chi connectivity index (χ3v) is 4.21. The van der Waals surface area contributed by atoms with E-state index in [1.54, 1.807) is 6.20 Å². The van der Waals surface area contributed by atoms with E-state index in [9.17, 15) is 0 Å². The molecule has 0 saturated heterocycles. The molecule has 1 unspecified atom stereocenters. The number of hydrogen-bond donors (Lipinski definition) is 1. The van der Waals surface area contributed by atoms with Crippen LogP contribution >= 0.6 is 15.9 Å². The summed E-state index contributed by atoms with van der Waals surface area (Å²) in [7, 11) is 0. The van der Waals surface area contributed by atoms with Gasteiger partial charge in [0.2, 0.25) is 0 Å². The molecule has 1 atom stereocenters. The van der Waals surface area contributed by atoms with Crippen LogP contribution in [0.15, 0.2) is 52.2 Å². The molecule has 2 aromatic rings. The number of aryl methyl sites for hydroxylation is 1. The van der Waals surface area contributed by atoms with Gasteiger partial charge in [-0.1, -0.05) is 12.1 Å². The molecule has 0 aliphatic carbocycles. The summed E-state index contributed by atoms with van der Waals surface area (Å²) >= 11 is 3.58. The molecule has 2 N–H and O–H groups in total. The summed E-state index contributed by atoms with van der Waals surface area (Å²) in [5.74, 6) is 0.546. The molecular weight excluding hydrogens is 316 g/mol. The number of nitrogens with zero attached hydrogens (tertiary/aromatic N) is 3. The number of benzene rings is 1. The minimum atomic E-state index is 0.0994. The highest BCUT2D eigenvalue weighted by Crippen LogP contribution is 2.36. The monoisotopic (exact) mass is 330 g/mol. The maximum absolute atomic E-state index is 6.09. The van der Waals surface area contributed by atoms with E-state index in [0.29, 0.717) is 12.5 Å². The Morgan fingerprint density at radius 2 is 2.10 bits per heavy atom. The minimum Gasteiger partial charge on any atom is -0.369 e. The Hall–Kier alpha value is -1.88. The highest BCUT2D eigenvalue weighted by Gasteiger charge is 2.30. The number of guanidine groups is 1. The van der Waals surface area contributed by atoms with Crippen LogP contribution < -0.4 is 10.6 Å². The van der Waals surface area contributed by atoms with Crippen molar-refractivity contribution < 1.29 is 0 Å². The van der Waals surface area contributed by atoms with Crippen molar-refractivity contribution >= 4 is 27.6 Å². The first-order valence-corrected chi connectivity index (χ1v) is 7.22. The maximum Gasteiger partial charge on any atom is 0.196 e. The van der Waals surface area contributed by atoms with Crippen molar-refractivity contribution in [2.24, 2.45) is 10.7 Å². The lowest BCUT2D eigenvalue weighted by molar-refractivity contribution is 0.756. The summed E-state index contributed by atoms with van der Waals surface area (Å²) in [6, 6.07) is 10.1. The fourth-order valence-corrected chi connectivity index (χ4v) is 2.97. The molecule has 20 heavy (non-hydrogen) atoms. The molecule has 102 valence electrons. The van der Waals surface area contributed by atoms with Crippen LogP contribution in [0.2, 0.25) is 0 Å². The fourth-order valence-electron chi connectivity index (χ4n) is 2.50. The summed E-state index contributed by atoms with van der Waals surface area (Å²) in [5.41, 5.74) is 9.48. The van der Waals surface area contributed by atoms with E-state index in [2.05, 4.69) is 37.7 Å². The average molecular weight is 331 g/mol. The third kappa shape index (κ3) is 2.18. The Morgan fingerprint density at radius 3 is 2.85 bits per heavy atom. The lowest BCUT2D eigenvalue weighted by Gasteiger charge is -2.28. The van der Waals surface area contributed by atoms with Crippen molar-refractivity contribution in [3.05, 3.63) is 58.3 Å². The summed E-state index contributed by atoms with van der Waals surface area (Å²) in [4.78, 5) is 10.7. The molecule has 0 radical (unpaired) electrons. The zero-order valence-corrected chi connectivity index (χ0v) is 12.7. The Balaban J connectivity index is 2.06. The first-order valence-electron chi connectivity index (χ1n) is 6.42. The summed E-state index contributed by atoms with van der Waals surface area (Å²) in [6.07, 6.45) is 3.71. The number of rotatable bonds is 2. The first kappa shape index (κ1) is 13.1. The van der Waals surface area contributed by atoms with Crippen molar-refractivity contribution in [1.29, 1.82) is 0 Å². The van der Waals surface area contributed by atoms with E-state index in [-0.39, 0.29) is 6.04 Å². The largest absolute Gasteiger partial charge is 0.369 e. The highest BCUT2D eigenvalue weighted by atomic mass is 79.9.